The number of halogens is 3. The van der Waals surface area contributed by atoms with Crippen molar-refractivity contribution < 1.29 is 18.0 Å². The van der Waals surface area contributed by atoms with Crippen LogP contribution in [0.1, 0.15) is 26.6 Å². The maximum Gasteiger partial charge on any atom is 0.416 e. The van der Waals surface area contributed by atoms with Crippen molar-refractivity contribution in [3.8, 4) is 0 Å². The third-order valence-corrected chi connectivity index (χ3v) is 5.44. The van der Waals surface area contributed by atoms with Crippen molar-refractivity contribution >= 4 is 17.2 Å². The van der Waals surface area contributed by atoms with Gasteiger partial charge >= 0.3 is 6.18 Å². The first kappa shape index (κ1) is 22.0. The summed E-state index contributed by atoms with van der Waals surface area (Å²) in [6.07, 6.45) is -1.07. The number of hydrogen-bond acceptors (Lipinski definition) is 4. The van der Waals surface area contributed by atoms with Crippen molar-refractivity contribution in [2.75, 3.05) is 27.2 Å². The molecule has 0 aliphatic carbocycles. The van der Waals surface area contributed by atoms with E-state index >= 15 is 0 Å². The summed E-state index contributed by atoms with van der Waals surface area (Å²) in [7, 11) is 3.87. The van der Waals surface area contributed by atoms with Crippen LogP contribution in [-0.2, 0) is 19.3 Å². The Balaban J connectivity index is 1.79. The fourth-order valence-electron chi connectivity index (χ4n) is 2.98. The van der Waals surface area contributed by atoms with E-state index in [1.54, 1.807) is 34.0 Å². The minimum absolute atomic E-state index is 0.0829. The summed E-state index contributed by atoms with van der Waals surface area (Å²) in [6.45, 7) is 1.72. The van der Waals surface area contributed by atoms with Gasteiger partial charge in [0.15, 0.2) is 0 Å². The molecule has 160 valence electrons. The van der Waals surface area contributed by atoms with Gasteiger partial charge in [-0.15, -0.1) is 11.3 Å². The fraction of sp³-hybridized carbons (Fsp3) is 0.333. The molecule has 9 heteroatoms. The number of benzene rings is 1. The Morgan fingerprint density at radius 2 is 1.97 bits per heavy atom. The summed E-state index contributed by atoms with van der Waals surface area (Å²) in [6, 6.07) is 8.87. The van der Waals surface area contributed by atoms with E-state index in [0.29, 0.717) is 29.4 Å². The van der Waals surface area contributed by atoms with Crippen LogP contribution in [0, 0.1) is 0 Å². The topological polar surface area (TPSA) is 41.4 Å². The number of amides is 1. The first-order valence-electron chi connectivity index (χ1n) is 9.37. The summed E-state index contributed by atoms with van der Waals surface area (Å²) in [5.41, 5.74) is -0.157. The molecule has 2 aromatic heterocycles. The predicted octanol–water partition coefficient (Wildman–Crippen LogP) is 4.22. The fourth-order valence-corrected chi connectivity index (χ4v) is 3.67. The molecule has 0 atom stereocenters. The highest BCUT2D eigenvalue weighted by Gasteiger charge is 2.30. The van der Waals surface area contributed by atoms with Gasteiger partial charge in [-0.25, -0.2) is 4.98 Å². The smallest absolute Gasteiger partial charge is 0.329 e. The lowest BCUT2D eigenvalue weighted by Gasteiger charge is -2.24. The van der Waals surface area contributed by atoms with Gasteiger partial charge in [-0.3, -0.25) is 4.79 Å². The number of nitrogens with zero attached hydrogens (tertiary/aromatic N) is 4. The minimum atomic E-state index is -4.39. The molecule has 0 spiro atoms. The van der Waals surface area contributed by atoms with Gasteiger partial charge in [-0.2, -0.15) is 13.2 Å². The van der Waals surface area contributed by atoms with Crippen LogP contribution in [0.4, 0.5) is 13.2 Å². The highest BCUT2D eigenvalue weighted by atomic mass is 32.1. The van der Waals surface area contributed by atoms with Gasteiger partial charge in [0.05, 0.1) is 17.0 Å². The number of hydrogen-bond donors (Lipinski definition) is 0. The van der Waals surface area contributed by atoms with E-state index in [1.165, 1.54) is 17.4 Å². The molecular weight excluding hydrogens is 413 g/mol. The van der Waals surface area contributed by atoms with Crippen LogP contribution in [-0.4, -0.2) is 52.4 Å². The number of imidazole rings is 1. The van der Waals surface area contributed by atoms with E-state index < -0.39 is 11.7 Å². The molecule has 2 heterocycles. The summed E-state index contributed by atoms with van der Waals surface area (Å²) in [4.78, 5) is 21.6. The van der Waals surface area contributed by atoms with E-state index in [1.807, 2.05) is 30.4 Å². The molecule has 0 bridgehead atoms. The second-order valence-corrected chi connectivity index (χ2v) is 8.12. The molecule has 5 nitrogen and oxygen atoms in total. The molecule has 0 fully saturated rings. The number of rotatable bonds is 8. The molecular formula is C21H23F3N4OS. The number of likely N-dealkylation sites (N-methyl/N-ethyl adjacent to an activating group) is 1. The van der Waals surface area contributed by atoms with Crippen LogP contribution >= 0.6 is 11.3 Å². The molecule has 0 saturated carbocycles. The van der Waals surface area contributed by atoms with Gasteiger partial charge in [0, 0.05) is 32.0 Å². The Labute approximate surface area is 177 Å². The standard InChI is InChI=1S/C21H23F3N4OS/c1-26(2)10-11-28(20(29)18-7-4-12-30-18)15-19-25-8-9-27(19)14-16-5-3-6-17(13-16)21(22,23)24/h3-9,12-13H,10-11,14-15H2,1-2H3. The molecule has 3 aromatic rings. The van der Waals surface area contributed by atoms with Crippen LogP contribution in [0.3, 0.4) is 0 Å². The van der Waals surface area contributed by atoms with E-state index in [2.05, 4.69) is 4.98 Å². The van der Waals surface area contributed by atoms with Crippen molar-refractivity contribution in [2.24, 2.45) is 0 Å². The molecule has 0 saturated heterocycles. The van der Waals surface area contributed by atoms with Crippen LogP contribution in [0.15, 0.2) is 54.2 Å². The van der Waals surface area contributed by atoms with E-state index in [0.717, 1.165) is 12.1 Å². The molecule has 0 N–H and O–H groups in total. The maximum absolute atomic E-state index is 13.0. The first-order valence-corrected chi connectivity index (χ1v) is 10.3. The summed E-state index contributed by atoms with van der Waals surface area (Å²) < 4.78 is 40.8. The molecule has 0 aliphatic heterocycles. The summed E-state index contributed by atoms with van der Waals surface area (Å²) in [5, 5.41) is 1.85. The lowest BCUT2D eigenvalue weighted by atomic mass is 10.1. The largest absolute Gasteiger partial charge is 0.416 e. The number of thiophene rings is 1. The van der Waals surface area contributed by atoms with Crippen LogP contribution in [0.5, 0.6) is 0 Å². The van der Waals surface area contributed by atoms with Gasteiger partial charge in [0.25, 0.3) is 5.91 Å². The second-order valence-electron chi connectivity index (χ2n) is 7.18. The maximum atomic E-state index is 13.0. The lowest BCUT2D eigenvalue weighted by molar-refractivity contribution is -0.137. The van der Waals surface area contributed by atoms with E-state index in [4.69, 9.17) is 0 Å². The Kier molecular flexibility index (Phi) is 6.94. The zero-order valence-electron chi connectivity index (χ0n) is 16.8. The number of alkyl halides is 3. The van der Waals surface area contributed by atoms with E-state index in [9.17, 15) is 18.0 Å². The first-order chi connectivity index (χ1) is 14.2. The highest BCUT2D eigenvalue weighted by molar-refractivity contribution is 7.12. The second kappa shape index (κ2) is 9.44. The van der Waals surface area contributed by atoms with Gasteiger partial charge in [0.2, 0.25) is 0 Å². The SMILES string of the molecule is CN(C)CCN(Cc1nccn1Cc1cccc(C(F)(F)F)c1)C(=O)c1cccs1. The summed E-state index contributed by atoms with van der Waals surface area (Å²) >= 11 is 1.38. The van der Waals surface area contributed by atoms with Crippen LogP contribution in [0.25, 0.3) is 0 Å². The Morgan fingerprint density at radius 3 is 2.63 bits per heavy atom. The third-order valence-electron chi connectivity index (χ3n) is 4.58. The highest BCUT2D eigenvalue weighted by Crippen LogP contribution is 2.29. The molecule has 0 aliphatic rings. The van der Waals surface area contributed by atoms with Crippen molar-refractivity contribution in [1.82, 2.24) is 19.4 Å². The van der Waals surface area contributed by atoms with Gasteiger partial charge in [0.1, 0.15) is 5.82 Å². The number of carbonyl (C=O) groups excluding carboxylic acids is 1. The van der Waals surface area contributed by atoms with Crippen LogP contribution in [0.2, 0.25) is 0 Å². The zero-order valence-corrected chi connectivity index (χ0v) is 17.6. The van der Waals surface area contributed by atoms with Crippen molar-refractivity contribution in [2.45, 2.75) is 19.3 Å². The van der Waals surface area contributed by atoms with Crippen LogP contribution < -0.4 is 0 Å². The normalized spacial score (nSPS) is 11.8. The molecule has 0 radical (unpaired) electrons. The third kappa shape index (κ3) is 5.70. The quantitative estimate of drug-likeness (QED) is 0.531. The van der Waals surface area contributed by atoms with Gasteiger partial charge in [-0.1, -0.05) is 18.2 Å². The molecule has 1 aromatic carbocycles. The molecule has 3 rings (SSSR count). The predicted molar refractivity (Wildman–Crippen MR) is 110 cm³/mol. The Bertz CT molecular complexity index is 967. The zero-order chi connectivity index (χ0) is 21.7. The van der Waals surface area contributed by atoms with Crippen molar-refractivity contribution in [1.29, 1.82) is 0 Å². The number of carbonyl (C=O) groups is 1. The summed E-state index contributed by atoms with van der Waals surface area (Å²) in [5.74, 6) is 0.538. The van der Waals surface area contributed by atoms with E-state index in [-0.39, 0.29) is 19.0 Å². The van der Waals surface area contributed by atoms with Crippen molar-refractivity contribution in [3.05, 3.63) is 76.0 Å². The number of aromatic nitrogens is 2. The lowest BCUT2D eigenvalue weighted by Crippen LogP contribution is -2.36. The van der Waals surface area contributed by atoms with Gasteiger partial charge in [-0.05, 0) is 43.2 Å². The molecule has 1 amide bonds. The Morgan fingerprint density at radius 1 is 1.17 bits per heavy atom. The Hall–Kier alpha value is -2.65. The molecule has 0 unspecified atom stereocenters. The molecule has 30 heavy (non-hydrogen) atoms. The van der Waals surface area contributed by atoms with Gasteiger partial charge < -0.3 is 14.4 Å². The van der Waals surface area contributed by atoms with Crippen molar-refractivity contribution in [3.63, 3.8) is 0 Å². The average molecular weight is 437 g/mol. The average Bonchev–Trinajstić information content (AvgIpc) is 3.36. The monoisotopic (exact) mass is 436 g/mol. The minimum Gasteiger partial charge on any atom is -0.329 e.